The number of anilines is 2. The highest BCUT2D eigenvalue weighted by atomic mass is 35.5. The molecular formula is C24H23ClN6. The van der Waals surface area contributed by atoms with Gasteiger partial charge < -0.3 is 15.5 Å². The van der Waals surface area contributed by atoms with E-state index in [-0.39, 0.29) is 0 Å². The maximum Gasteiger partial charge on any atom is 0.123 e. The molecule has 3 heterocycles. The summed E-state index contributed by atoms with van der Waals surface area (Å²) >= 11 is 6.73. The van der Waals surface area contributed by atoms with Crippen molar-refractivity contribution in [2.75, 3.05) is 43.9 Å². The minimum atomic E-state index is 0.494. The zero-order valence-corrected chi connectivity index (χ0v) is 18.0. The van der Waals surface area contributed by atoms with Gasteiger partial charge >= 0.3 is 0 Å². The summed E-state index contributed by atoms with van der Waals surface area (Å²) in [6, 6.07) is 16.2. The van der Waals surface area contributed by atoms with Crippen LogP contribution >= 0.6 is 11.6 Å². The van der Waals surface area contributed by atoms with Gasteiger partial charge in [-0.3, -0.25) is 0 Å². The minimum absolute atomic E-state index is 0.494. The number of nitrogen functional groups attached to an aromatic ring is 1. The van der Waals surface area contributed by atoms with E-state index < -0.39 is 0 Å². The quantitative estimate of drug-likeness (QED) is 0.521. The highest BCUT2D eigenvalue weighted by Crippen LogP contribution is 2.34. The number of rotatable bonds is 3. The van der Waals surface area contributed by atoms with Crippen molar-refractivity contribution in [3.8, 4) is 22.4 Å². The fourth-order valence-electron chi connectivity index (χ4n) is 4.05. The number of nitrogens with zero attached hydrogens (tertiary/aromatic N) is 5. The van der Waals surface area contributed by atoms with E-state index >= 15 is 0 Å². The van der Waals surface area contributed by atoms with Gasteiger partial charge in [0.15, 0.2) is 0 Å². The van der Waals surface area contributed by atoms with Gasteiger partial charge in [-0.05, 0) is 54.6 Å². The number of hydrogen-bond acceptors (Lipinski definition) is 6. The Morgan fingerprint density at radius 2 is 1.61 bits per heavy atom. The van der Waals surface area contributed by atoms with Crippen LogP contribution in [-0.4, -0.2) is 53.1 Å². The van der Waals surface area contributed by atoms with Gasteiger partial charge in [-0.1, -0.05) is 23.7 Å². The number of piperazine rings is 1. The molecule has 0 spiro atoms. The third kappa shape index (κ3) is 3.92. The van der Waals surface area contributed by atoms with Crippen LogP contribution in [0.4, 0.5) is 11.5 Å². The van der Waals surface area contributed by atoms with E-state index in [0.717, 1.165) is 70.2 Å². The number of fused-ring (bicyclic) bond motifs is 1. The second-order valence-corrected chi connectivity index (χ2v) is 8.29. The largest absolute Gasteiger partial charge is 0.384 e. The van der Waals surface area contributed by atoms with Gasteiger partial charge in [-0.15, -0.1) is 0 Å². The minimum Gasteiger partial charge on any atom is -0.384 e. The van der Waals surface area contributed by atoms with Crippen molar-refractivity contribution in [2.24, 2.45) is 0 Å². The summed E-state index contributed by atoms with van der Waals surface area (Å²) in [5.41, 5.74) is 11.7. The molecule has 0 saturated carbocycles. The Labute approximate surface area is 186 Å². The third-order valence-electron chi connectivity index (χ3n) is 5.81. The number of likely N-dealkylation sites (N-methyl/N-ethyl adjacent to an activating group) is 1. The zero-order valence-electron chi connectivity index (χ0n) is 17.3. The fraction of sp³-hybridized carbons (Fsp3) is 0.208. The summed E-state index contributed by atoms with van der Waals surface area (Å²) in [5.74, 6) is 0.494. The molecule has 156 valence electrons. The molecule has 0 amide bonds. The topological polar surface area (TPSA) is 71.2 Å². The Morgan fingerprint density at radius 1 is 0.839 bits per heavy atom. The lowest BCUT2D eigenvalue weighted by Crippen LogP contribution is -2.44. The van der Waals surface area contributed by atoms with Crippen molar-refractivity contribution in [1.29, 1.82) is 0 Å². The van der Waals surface area contributed by atoms with Gasteiger partial charge in [0.1, 0.15) is 12.1 Å². The molecule has 0 aliphatic carbocycles. The van der Waals surface area contributed by atoms with Crippen molar-refractivity contribution in [3.63, 3.8) is 0 Å². The Kier molecular flexibility index (Phi) is 5.18. The van der Waals surface area contributed by atoms with Gasteiger partial charge in [0.05, 0.1) is 21.9 Å². The van der Waals surface area contributed by atoms with Crippen molar-refractivity contribution in [2.45, 2.75) is 0 Å². The average molecular weight is 431 g/mol. The lowest BCUT2D eigenvalue weighted by atomic mass is 10.0. The standard InChI is InChI=1S/C24H23ClN6/c1-30-8-10-31(11-9-30)22-5-3-18(13-20(22)25)24-19-12-16(2-4-21(19)28-15-29-24)17-6-7-27-23(26)14-17/h2-7,12-15H,8-11H2,1H3,(H2,26,27). The van der Waals surface area contributed by atoms with E-state index in [1.165, 1.54) is 0 Å². The van der Waals surface area contributed by atoms with Crippen LogP contribution in [0.2, 0.25) is 5.02 Å². The molecule has 2 N–H and O–H groups in total. The normalized spacial score (nSPS) is 14.8. The maximum absolute atomic E-state index is 6.73. The van der Waals surface area contributed by atoms with Gasteiger partial charge in [0.25, 0.3) is 0 Å². The van der Waals surface area contributed by atoms with Crippen LogP contribution in [0.15, 0.2) is 61.1 Å². The predicted octanol–water partition coefficient (Wildman–Crippen LogP) is 4.35. The zero-order chi connectivity index (χ0) is 21.4. The highest BCUT2D eigenvalue weighted by molar-refractivity contribution is 6.33. The smallest absolute Gasteiger partial charge is 0.123 e. The Bertz CT molecular complexity index is 1250. The molecule has 1 aliphatic rings. The first-order valence-electron chi connectivity index (χ1n) is 10.3. The van der Waals surface area contributed by atoms with Gasteiger partial charge in [-0.25, -0.2) is 15.0 Å². The molecule has 7 heteroatoms. The first kappa shape index (κ1) is 19.7. The van der Waals surface area contributed by atoms with Crippen molar-refractivity contribution in [1.82, 2.24) is 19.9 Å². The number of nitrogens with two attached hydrogens (primary N) is 1. The second kappa shape index (κ2) is 8.13. The number of halogens is 1. The molecule has 0 bridgehead atoms. The highest BCUT2D eigenvalue weighted by Gasteiger charge is 2.18. The van der Waals surface area contributed by atoms with Crippen LogP contribution in [0.25, 0.3) is 33.3 Å². The van der Waals surface area contributed by atoms with E-state index in [2.05, 4.69) is 50.0 Å². The predicted molar refractivity (Wildman–Crippen MR) is 127 cm³/mol. The molecule has 0 radical (unpaired) electrons. The third-order valence-corrected chi connectivity index (χ3v) is 6.12. The summed E-state index contributed by atoms with van der Waals surface area (Å²) < 4.78 is 0. The van der Waals surface area contributed by atoms with Crippen LogP contribution in [0.5, 0.6) is 0 Å². The van der Waals surface area contributed by atoms with Crippen LogP contribution in [-0.2, 0) is 0 Å². The molecule has 1 saturated heterocycles. The molecule has 0 unspecified atom stereocenters. The summed E-state index contributed by atoms with van der Waals surface area (Å²) in [4.78, 5) is 17.8. The summed E-state index contributed by atoms with van der Waals surface area (Å²) in [6.07, 6.45) is 3.32. The van der Waals surface area contributed by atoms with Gasteiger partial charge in [-0.2, -0.15) is 0 Å². The number of benzene rings is 2. The summed E-state index contributed by atoms with van der Waals surface area (Å²) in [6.45, 7) is 4.03. The van der Waals surface area contributed by atoms with Gasteiger partial charge in [0, 0.05) is 43.3 Å². The van der Waals surface area contributed by atoms with E-state index in [9.17, 15) is 0 Å². The molecule has 4 aromatic rings. The molecule has 1 fully saturated rings. The number of hydrogen-bond donors (Lipinski definition) is 1. The monoisotopic (exact) mass is 430 g/mol. The second-order valence-electron chi connectivity index (χ2n) is 7.88. The summed E-state index contributed by atoms with van der Waals surface area (Å²) in [7, 11) is 2.15. The van der Waals surface area contributed by atoms with Crippen molar-refractivity contribution in [3.05, 3.63) is 66.1 Å². The molecule has 2 aromatic carbocycles. The molecule has 31 heavy (non-hydrogen) atoms. The van der Waals surface area contributed by atoms with Crippen LogP contribution < -0.4 is 10.6 Å². The Balaban J connectivity index is 1.55. The Hall–Kier alpha value is -3.22. The maximum atomic E-state index is 6.73. The first-order chi connectivity index (χ1) is 15.1. The van der Waals surface area contributed by atoms with Crippen LogP contribution in [0, 0.1) is 0 Å². The molecular weight excluding hydrogens is 408 g/mol. The molecule has 2 aromatic heterocycles. The summed E-state index contributed by atoms with van der Waals surface area (Å²) in [5, 5.41) is 1.71. The lowest BCUT2D eigenvalue weighted by molar-refractivity contribution is 0.313. The number of pyridine rings is 1. The average Bonchev–Trinajstić information content (AvgIpc) is 2.79. The fourth-order valence-corrected chi connectivity index (χ4v) is 4.35. The first-order valence-corrected chi connectivity index (χ1v) is 10.7. The van der Waals surface area contributed by atoms with E-state index in [0.29, 0.717) is 5.82 Å². The van der Waals surface area contributed by atoms with Crippen LogP contribution in [0.3, 0.4) is 0 Å². The number of aromatic nitrogens is 3. The molecule has 1 aliphatic heterocycles. The van der Waals surface area contributed by atoms with E-state index in [1.54, 1.807) is 12.5 Å². The lowest BCUT2D eigenvalue weighted by Gasteiger charge is -2.34. The Morgan fingerprint density at radius 3 is 2.39 bits per heavy atom. The molecule has 6 nitrogen and oxygen atoms in total. The van der Waals surface area contributed by atoms with E-state index in [4.69, 9.17) is 17.3 Å². The molecule has 0 atom stereocenters. The SMILES string of the molecule is CN1CCN(c2ccc(-c3ncnc4ccc(-c5ccnc(N)c5)cc34)cc2Cl)CC1. The van der Waals surface area contributed by atoms with E-state index in [1.807, 2.05) is 30.3 Å². The van der Waals surface area contributed by atoms with Crippen LogP contribution in [0.1, 0.15) is 0 Å². The van der Waals surface area contributed by atoms with Crippen molar-refractivity contribution < 1.29 is 0 Å². The van der Waals surface area contributed by atoms with Gasteiger partial charge in [0.2, 0.25) is 0 Å². The molecule has 5 rings (SSSR count). The van der Waals surface area contributed by atoms with Crippen molar-refractivity contribution >= 4 is 34.0 Å².